The number of aromatic amines is 1. The first-order valence-corrected chi connectivity index (χ1v) is 2.78. The quantitative estimate of drug-likeness (QED) is 0.351. The molecule has 0 saturated carbocycles. The molecule has 0 spiro atoms. The monoisotopic (exact) mass is 189 g/mol. The number of hydrogen-bond acceptors (Lipinski definition) is 4. The van der Waals surface area contributed by atoms with Gasteiger partial charge < -0.3 is 18.1 Å². The minimum atomic E-state index is 0. The van der Waals surface area contributed by atoms with Gasteiger partial charge >= 0.3 is 51.4 Å². The molecule has 2 heterocycles. The summed E-state index contributed by atoms with van der Waals surface area (Å²) < 4.78 is 0. The predicted molar refractivity (Wildman–Crippen MR) is 42.5 cm³/mol. The summed E-state index contributed by atoms with van der Waals surface area (Å²) in [5, 5.41) is 0. The van der Waals surface area contributed by atoms with E-state index < -0.39 is 0 Å². The van der Waals surface area contributed by atoms with E-state index in [0.29, 0.717) is 5.65 Å². The maximum atomic E-state index is 5.31. The number of H-pyrrole nitrogens is 1. The van der Waals surface area contributed by atoms with Gasteiger partial charge in [-0.25, -0.2) is 9.97 Å². The van der Waals surface area contributed by atoms with Crippen molar-refractivity contribution >= 4 is 17.1 Å². The maximum absolute atomic E-state index is 5.31. The van der Waals surface area contributed by atoms with Gasteiger partial charge in [0.1, 0.15) is 5.52 Å². The molecule has 0 radical (unpaired) electrons. The van der Waals surface area contributed by atoms with E-state index in [4.69, 9.17) is 5.73 Å². The maximum Gasteiger partial charge on any atom is 1.00 e. The number of anilines is 1. The number of fused-ring (bicyclic) bond motifs is 1. The molecule has 0 amide bonds. The number of nitrogens with zero attached hydrogens (tertiary/aromatic N) is 3. The number of hydrogen-bond donors (Lipinski definition) is 2. The van der Waals surface area contributed by atoms with Crippen molar-refractivity contribution in [2.24, 2.45) is 0 Å². The van der Waals surface area contributed by atoms with Gasteiger partial charge in [0.15, 0.2) is 5.65 Å². The Morgan fingerprint density at radius 3 is 2.83 bits per heavy atom. The van der Waals surface area contributed by atoms with Gasteiger partial charge in [0.2, 0.25) is 5.95 Å². The second kappa shape index (κ2) is 4.88. The fourth-order valence-corrected chi connectivity index (χ4v) is 0.749. The van der Waals surface area contributed by atoms with Crippen LogP contribution in [0.4, 0.5) is 5.95 Å². The molecule has 6 heteroatoms. The standard InChI is InChI=1S/C5H5N5.CH3.K/c6-5-7-1-3-4(10-5)9-2-8-3;;/h1-2H,(H3,6,7,8,9,10);1H3;/q;-1;+1. The smallest absolute Gasteiger partial charge is 0.368 e. The Labute approximate surface area is 113 Å². The zero-order valence-electron chi connectivity index (χ0n) is 7.07. The summed E-state index contributed by atoms with van der Waals surface area (Å²) in [5.74, 6) is 0.250. The fraction of sp³-hybridized carbons (Fsp3) is 0. The van der Waals surface area contributed by atoms with E-state index in [-0.39, 0.29) is 64.8 Å². The number of imidazole rings is 1. The Kier molecular flexibility index (Phi) is 4.87. The van der Waals surface area contributed by atoms with Crippen LogP contribution in [-0.2, 0) is 0 Å². The van der Waals surface area contributed by atoms with Crippen LogP contribution in [0.25, 0.3) is 11.2 Å². The van der Waals surface area contributed by atoms with Crippen molar-refractivity contribution in [3.8, 4) is 0 Å². The molecule has 0 saturated heterocycles. The molecule has 0 aromatic carbocycles. The summed E-state index contributed by atoms with van der Waals surface area (Å²) in [5.41, 5.74) is 6.71. The Morgan fingerprint density at radius 2 is 2.08 bits per heavy atom. The summed E-state index contributed by atoms with van der Waals surface area (Å²) in [6, 6.07) is 0. The van der Waals surface area contributed by atoms with Crippen molar-refractivity contribution in [2.45, 2.75) is 0 Å². The topological polar surface area (TPSA) is 80.5 Å². The molecule has 2 aromatic rings. The molecule has 0 bridgehead atoms. The van der Waals surface area contributed by atoms with Gasteiger partial charge in [0, 0.05) is 0 Å². The van der Waals surface area contributed by atoms with Crippen molar-refractivity contribution in [1.82, 2.24) is 19.9 Å². The van der Waals surface area contributed by atoms with Gasteiger partial charge in [0.05, 0.1) is 12.5 Å². The number of rotatable bonds is 0. The molecule has 0 fully saturated rings. The molecule has 5 nitrogen and oxygen atoms in total. The second-order valence-corrected chi connectivity index (χ2v) is 1.87. The number of aromatic nitrogens is 4. The van der Waals surface area contributed by atoms with Crippen molar-refractivity contribution in [3.63, 3.8) is 0 Å². The van der Waals surface area contributed by atoms with E-state index in [9.17, 15) is 0 Å². The summed E-state index contributed by atoms with van der Waals surface area (Å²) in [7, 11) is 0. The summed E-state index contributed by atoms with van der Waals surface area (Å²) >= 11 is 0. The number of nitrogens with two attached hydrogens (primary N) is 1. The van der Waals surface area contributed by atoms with Crippen molar-refractivity contribution in [2.75, 3.05) is 5.73 Å². The van der Waals surface area contributed by atoms with Crippen LogP contribution in [-0.4, -0.2) is 19.9 Å². The Balaban J connectivity index is 0.000000605. The summed E-state index contributed by atoms with van der Waals surface area (Å²) in [6.07, 6.45) is 3.16. The Bertz CT molecular complexity index is 357. The molecule has 0 aliphatic carbocycles. The molecule has 0 atom stereocenters. The second-order valence-electron chi connectivity index (χ2n) is 1.87. The normalized spacial score (nSPS) is 8.67. The fourth-order valence-electron chi connectivity index (χ4n) is 0.749. The zero-order valence-corrected chi connectivity index (χ0v) is 10.2. The van der Waals surface area contributed by atoms with Gasteiger partial charge in [-0.15, -0.1) is 0 Å². The third-order valence-electron chi connectivity index (χ3n) is 1.19. The van der Waals surface area contributed by atoms with E-state index in [1.807, 2.05) is 0 Å². The van der Waals surface area contributed by atoms with Crippen LogP contribution in [0.3, 0.4) is 0 Å². The van der Waals surface area contributed by atoms with Crippen molar-refractivity contribution in [3.05, 3.63) is 20.0 Å². The number of nitrogens with one attached hydrogen (secondary N) is 1. The number of nitrogen functional groups attached to an aromatic ring is 1. The third-order valence-corrected chi connectivity index (χ3v) is 1.19. The van der Waals surface area contributed by atoms with E-state index in [0.717, 1.165) is 5.52 Å². The SMILES string of the molecule is Nc1ncc2[nH]cnc2n1.[CH3-].[K+]. The minimum Gasteiger partial charge on any atom is -0.368 e. The van der Waals surface area contributed by atoms with Gasteiger partial charge in [-0.3, -0.25) is 0 Å². The van der Waals surface area contributed by atoms with E-state index >= 15 is 0 Å². The molecule has 0 unspecified atom stereocenters. The van der Waals surface area contributed by atoms with Crippen LogP contribution < -0.4 is 57.1 Å². The molecule has 2 rings (SSSR count). The van der Waals surface area contributed by atoms with Crippen LogP contribution in [0.5, 0.6) is 0 Å². The van der Waals surface area contributed by atoms with Gasteiger partial charge in [-0.1, -0.05) is 0 Å². The molecule has 0 aliphatic rings. The molecule has 2 aromatic heterocycles. The minimum absolute atomic E-state index is 0. The first kappa shape index (κ1) is 12.0. The van der Waals surface area contributed by atoms with Crippen molar-refractivity contribution < 1.29 is 51.4 Å². The van der Waals surface area contributed by atoms with Crippen LogP contribution in [0.1, 0.15) is 0 Å². The first-order chi connectivity index (χ1) is 4.86. The molecule has 3 N–H and O–H groups in total. The van der Waals surface area contributed by atoms with Crippen LogP contribution in [0.2, 0.25) is 0 Å². The van der Waals surface area contributed by atoms with Gasteiger partial charge in [-0.05, 0) is 0 Å². The molecule has 12 heavy (non-hydrogen) atoms. The van der Waals surface area contributed by atoms with E-state index in [2.05, 4.69) is 19.9 Å². The predicted octanol–water partition coefficient (Wildman–Crippen LogP) is -2.61. The average Bonchev–Trinajstić information content (AvgIpc) is 2.33. The van der Waals surface area contributed by atoms with Crippen LogP contribution in [0.15, 0.2) is 12.5 Å². The average molecular weight is 189 g/mol. The Hall–Kier alpha value is -0.0136. The zero-order chi connectivity index (χ0) is 6.97. The van der Waals surface area contributed by atoms with Gasteiger partial charge in [0.25, 0.3) is 0 Å². The van der Waals surface area contributed by atoms with E-state index in [1.165, 1.54) is 0 Å². The van der Waals surface area contributed by atoms with Gasteiger partial charge in [-0.2, -0.15) is 4.98 Å². The van der Waals surface area contributed by atoms with Crippen LogP contribution >= 0.6 is 0 Å². The molecule has 0 aliphatic heterocycles. The largest absolute Gasteiger partial charge is 1.00 e. The Morgan fingerprint density at radius 1 is 1.33 bits per heavy atom. The first-order valence-electron chi connectivity index (χ1n) is 2.78. The molecular weight excluding hydrogens is 181 g/mol. The van der Waals surface area contributed by atoms with E-state index in [1.54, 1.807) is 12.5 Å². The third kappa shape index (κ3) is 2.24. The van der Waals surface area contributed by atoms with Crippen molar-refractivity contribution in [1.29, 1.82) is 0 Å². The van der Waals surface area contributed by atoms with Crippen LogP contribution in [0, 0.1) is 7.43 Å². The summed E-state index contributed by atoms with van der Waals surface area (Å²) in [4.78, 5) is 14.4. The summed E-state index contributed by atoms with van der Waals surface area (Å²) in [6.45, 7) is 0. The molecular formula is C6H8KN5. The molecule has 58 valence electrons.